The summed E-state index contributed by atoms with van der Waals surface area (Å²) in [6.45, 7) is 0. The summed E-state index contributed by atoms with van der Waals surface area (Å²) in [5, 5.41) is 36.3. The molecule has 4 aliphatic carbocycles. The Bertz CT molecular complexity index is 743. The zero-order valence-electron chi connectivity index (χ0n) is 25.7. The summed E-state index contributed by atoms with van der Waals surface area (Å²) in [7, 11) is 9.78. The predicted molar refractivity (Wildman–Crippen MR) is 169 cm³/mol. The molecule has 6 N–H and O–H groups in total. The molecule has 0 aromatic carbocycles. The number of hydrogen-bond acceptors (Lipinski definition) is 6. The molecule has 0 aromatic rings. The molecule has 16 atom stereocenters. The standard InChI is InChI=1S/C32H54N8.2ClH.Ti/c1-2-10-18-17(9-1)25-33-26(18)38-28-21-13-5-6-14-22(21)30(35-28)40-32-24-16-8-7-15-23(24)31(36-32)39-29-20-12-4-3-11-19(20)27(34-29)37-25;;;/h17-33,36-40H,1-16H2;2*1H;/q-2;;;+2/p-2. The number of nitrogens with zero attached hydrogens (tertiary/aromatic N) is 2. The molecule has 9 fully saturated rings. The van der Waals surface area contributed by atoms with Crippen LogP contribution in [0.4, 0.5) is 0 Å². The second kappa shape index (κ2) is 13.8. The van der Waals surface area contributed by atoms with Gasteiger partial charge in [0.05, 0.1) is 24.7 Å². The van der Waals surface area contributed by atoms with Gasteiger partial charge in [-0.3, -0.25) is 10.6 Å². The van der Waals surface area contributed by atoms with Crippen molar-refractivity contribution >= 4 is 18.6 Å². The van der Waals surface area contributed by atoms with Gasteiger partial charge in [0.1, 0.15) is 0 Å². The normalized spacial score (nSPS) is 53.9. The quantitative estimate of drug-likeness (QED) is 0.189. The van der Waals surface area contributed by atoms with Gasteiger partial charge in [-0.05, 0) is 73.0 Å². The average molecular weight is 670 g/mol. The van der Waals surface area contributed by atoms with E-state index in [4.69, 9.17) is 29.2 Å². The SMILES string of the molecule is C1CCC2C3[N-]C(NC4NC(NC5[N-]C(NC6NC(N3)C3CCCCC63)C3CCCCC53)C3CCCCC43)C2C1.[Cl][Ti][Cl]. The van der Waals surface area contributed by atoms with Crippen molar-refractivity contribution in [3.05, 3.63) is 10.6 Å². The van der Waals surface area contributed by atoms with Crippen molar-refractivity contribution in [1.82, 2.24) is 31.9 Å². The molecule has 8 bridgehead atoms. The van der Waals surface area contributed by atoms with Crippen LogP contribution in [-0.2, 0) is 17.0 Å². The minimum absolute atomic E-state index is 0.287. The maximum atomic E-state index is 5.61. The van der Waals surface area contributed by atoms with Gasteiger partial charge in [-0.1, -0.05) is 102 Å². The van der Waals surface area contributed by atoms with E-state index in [9.17, 15) is 0 Å². The van der Waals surface area contributed by atoms with Crippen molar-refractivity contribution in [2.75, 3.05) is 0 Å². The average Bonchev–Trinajstić information content (AvgIpc) is 3.77. The van der Waals surface area contributed by atoms with E-state index in [0.717, 1.165) is 0 Å². The first-order valence-electron chi connectivity index (χ1n) is 18.1. The molecule has 43 heavy (non-hydrogen) atoms. The fraction of sp³-hybridized carbons (Fsp3) is 1.00. The topological polar surface area (TPSA) is 100 Å². The number of fused-ring (bicyclic) bond motifs is 20. The molecule has 11 heteroatoms. The van der Waals surface area contributed by atoms with Gasteiger partial charge in [0.15, 0.2) is 0 Å². The molecule has 4 saturated carbocycles. The summed E-state index contributed by atoms with van der Waals surface area (Å²) < 4.78 is 0. The van der Waals surface area contributed by atoms with E-state index in [1.165, 1.54) is 103 Å². The second-order valence-electron chi connectivity index (χ2n) is 15.5. The van der Waals surface area contributed by atoms with Crippen LogP contribution in [0.25, 0.3) is 10.6 Å². The summed E-state index contributed by atoms with van der Waals surface area (Å²) in [4.78, 5) is 0. The van der Waals surface area contributed by atoms with Gasteiger partial charge < -0.3 is 31.9 Å². The Balaban J connectivity index is 0.000000892. The maximum absolute atomic E-state index is 5.61. The molecule has 242 valence electrons. The summed E-state index contributed by atoms with van der Waals surface area (Å²) in [5.41, 5.74) is 0. The summed E-state index contributed by atoms with van der Waals surface area (Å²) >= 11 is -0.556. The van der Waals surface area contributed by atoms with E-state index in [0.29, 0.717) is 72.0 Å². The van der Waals surface area contributed by atoms with Crippen LogP contribution in [0.1, 0.15) is 103 Å². The van der Waals surface area contributed by atoms with Crippen LogP contribution in [0.15, 0.2) is 0 Å². The van der Waals surface area contributed by atoms with Gasteiger partial charge in [0.2, 0.25) is 0 Å². The molecule has 0 spiro atoms. The Morgan fingerprint density at radius 2 is 0.558 bits per heavy atom. The zero-order chi connectivity index (χ0) is 28.9. The Morgan fingerprint density at radius 1 is 0.349 bits per heavy atom. The molecule has 16 unspecified atom stereocenters. The van der Waals surface area contributed by atoms with Crippen molar-refractivity contribution in [2.45, 2.75) is 152 Å². The second-order valence-corrected chi connectivity index (χ2v) is 18.1. The minimum atomic E-state index is -0.556. The molecule has 0 amide bonds. The number of hydrogen-bond donors (Lipinski definition) is 6. The van der Waals surface area contributed by atoms with Crippen LogP contribution in [0.3, 0.4) is 0 Å². The Hall–Kier alpha value is 0.974. The Morgan fingerprint density at radius 3 is 0.791 bits per heavy atom. The van der Waals surface area contributed by atoms with Crippen LogP contribution in [0, 0.1) is 47.3 Å². The summed E-state index contributed by atoms with van der Waals surface area (Å²) in [6, 6.07) is 0. The van der Waals surface area contributed by atoms with Crippen molar-refractivity contribution in [3.8, 4) is 0 Å². The molecular weight excluding hydrogens is 615 g/mol. The van der Waals surface area contributed by atoms with E-state index in [2.05, 4.69) is 31.9 Å². The van der Waals surface area contributed by atoms with Crippen LogP contribution in [-0.4, -0.2) is 49.3 Å². The molecular formula is C32H54Cl2N8Ti-2. The monoisotopic (exact) mass is 668 g/mol. The van der Waals surface area contributed by atoms with Crippen molar-refractivity contribution in [3.63, 3.8) is 0 Å². The molecule has 9 rings (SSSR count). The first-order valence-corrected chi connectivity index (χ1v) is 22.4. The van der Waals surface area contributed by atoms with Crippen LogP contribution in [0.5, 0.6) is 0 Å². The van der Waals surface area contributed by atoms with E-state index < -0.39 is 17.0 Å². The van der Waals surface area contributed by atoms with Gasteiger partial charge in [-0.25, -0.2) is 0 Å². The molecule has 5 heterocycles. The van der Waals surface area contributed by atoms with E-state index in [-0.39, 0.29) is 24.7 Å². The van der Waals surface area contributed by atoms with Crippen LogP contribution in [0.2, 0.25) is 0 Å². The van der Waals surface area contributed by atoms with Crippen molar-refractivity contribution in [2.24, 2.45) is 47.3 Å². The van der Waals surface area contributed by atoms with Crippen molar-refractivity contribution in [1.29, 1.82) is 0 Å². The molecule has 5 saturated heterocycles. The predicted octanol–water partition coefficient (Wildman–Crippen LogP) is 5.55. The molecule has 5 aliphatic heterocycles. The third-order valence-corrected chi connectivity index (χ3v) is 13.6. The Kier molecular flexibility index (Phi) is 10.1. The summed E-state index contributed by atoms with van der Waals surface area (Å²) in [5.74, 6) is 5.59. The van der Waals surface area contributed by atoms with E-state index in [1.54, 1.807) is 0 Å². The van der Waals surface area contributed by atoms with Crippen LogP contribution < -0.4 is 31.9 Å². The zero-order valence-corrected chi connectivity index (χ0v) is 28.8. The molecule has 9 aliphatic rings. The van der Waals surface area contributed by atoms with Gasteiger partial charge in [-0.2, -0.15) is 0 Å². The molecule has 8 nitrogen and oxygen atoms in total. The molecule has 0 aromatic heterocycles. The van der Waals surface area contributed by atoms with E-state index >= 15 is 0 Å². The number of nitrogens with one attached hydrogen (secondary N) is 6. The van der Waals surface area contributed by atoms with Gasteiger partial charge in [0, 0.05) is 0 Å². The van der Waals surface area contributed by atoms with Crippen LogP contribution >= 0.6 is 18.6 Å². The van der Waals surface area contributed by atoms with Crippen molar-refractivity contribution < 1.29 is 17.0 Å². The van der Waals surface area contributed by atoms with Gasteiger partial charge in [-0.15, -0.1) is 0 Å². The number of rotatable bonds is 0. The van der Waals surface area contributed by atoms with Gasteiger partial charge >= 0.3 is 35.6 Å². The first kappa shape index (κ1) is 31.3. The fourth-order valence-electron chi connectivity index (χ4n) is 11.7. The van der Waals surface area contributed by atoms with Gasteiger partial charge in [0.25, 0.3) is 0 Å². The Labute approximate surface area is 276 Å². The third kappa shape index (κ3) is 6.08. The first-order chi connectivity index (χ1) is 21.2. The van der Waals surface area contributed by atoms with E-state index in [1.807, 2.05) is 0 Å². The summed E-state index contributed by atoms with van der Waals surface area (Å²) in [6.07, 6.45) is 24.5. The fourth-order valence-corrected chi connectivity index (χ4v) is 11.7. The molecule has 0 radical (unpaired) electrons. The third-order valence-electron chi connectivity index (χ3n) is 13.6. The number of halogens is 2.